The fourth-order valence-electron chi connectivity index (χ4n) is 3.01. The highest BCUT2D eigenvalue weighted by Crippen LogP contribution is 2.40. The molecule has 0 bridgehead atoms. The molecule has 7 nitrogen and oxygen atoms in total. The lowest BCUT2D eigenvalue weighted by atomic mass is 10.2. The standard InChI is InChI=1S/C18H20N6O/c1-12-9-21-24(13(2)14-6-7-14)17(12)22-18(25)15-4-3-5-16(8-15)23-10-19-20-11-23/h3-5,8-11,13-14H,6-7H2,1-2H3,(H,22,25)/t13-/m1/s1. The molecular formula is C18H20N6O. The van der Waals surface area contributed by atoms with E-state index < -0.39 is 0 Å². The van der Waals surface area contributed by atoms with Gasteiger partial charge in [0.05, 0.1) is 12.2 Å². The summed E-state index contributed by atoms with van der Waals surface area (Å²) >= 11 is 0. The second kappa shape index (κ2) is 6.16. The first kappa shape index (κ1) is 15.6. The Morgan fingerprint density at radius 2 is 2.04 bits per heavy atom. The van der Waals surface area contributed by atoms with Gasteiger partial charge in [-0.05, 0) is 50.8 Å². The number of carbonyl (C=O) groups excluding carboxylic acids is 1. The van der Waals surface area contributed by atoms with Crippen LogP contribution >= 0.6 is 0 Å². The number of benzene rings is 1. The van der Waals surface area contributed by atoms with Crippen LogP contribution in [0, 0.1) is 12.8 Å². The van der Waals surface area contributed by atoms with Gasteiger partial charge in [-0.3, -0.25) is 9.36 Å². The van der Waals surface area contributed by atoms with Gasteiger partial charge in [0.2, 0.25) is 0 Å². The Morgan fingerprint density at radius 1 is 1.28 bits per heavy atom. The lowest BCUT2D eigenvalue weighted by molar-refractivity contribution is 0.102. The minimum absolute atomic E-state index is 0.150. The van der Waals surface area contributed by atoms with Gasteiger partial charge in [0.15, 0.2) is 0 Å². The third-order valence-corrected chi connectivity index (χ3v) is 4.73. The van der Waals surface area contributed by atoms with Gasteiger partial charge in [-0.15, -0.1) is 10.2 Å². The Balaban J connectivity index is 1.59. The second-order valence-corrected chi connectivity index (χ2v) is 6.57. The van der Waals surface area contributed by atoms with E-state index in [1.165, 1.54) is 12.8 Å². The van der Waals surface area contributed by atoms with E-state index in [4.69, 9.17) is 0 Å². The maximum Gasteiger partial charge on any atom is 0.256 e. The minimum Gasteiger partial charge on any atom is -0.307 e. The molecule has 1 N–H and O–H groups in total. The van der Waals surface area contributed by atoms with E-state index in [9.17, 15) is 4.79 Å². The molecule has 1 aromatic carbocycles. The lowest BCUT2D eigenvalue weighted by Gasteiger charge is -2.16. The molecule has 0 aliphatic heterocycles. The first-order valence-electron chi connectivity index (χ1n) is 8.44. The number of aromatic nitrogens is 5. The number of hydrogen-bond donors (Lipinski definition) is 1. The quantitative estimate of drug-likeness (QED) is 0.777. The normalized spacial score (nSPS) is 15.1. The lowest BCUT2D eigenvalue weighted by Crippen LogP contribution is -2.19. The molecule has 0 saturated heterocycles. The van der Waals surface area contributed by atoms with Crippen molar-refractivity contribution in [3.8, 4) is 5.69 Å². The van der Waals surface area contributed by atoms with Crippen molar-refractivity contribution >= 4 is 11.7 Å². The van der Waals surface area contributed by atoms with Crippen LogP contribution in [-0.4, -0.2) is 30.5 Å². The average molecular weight is 336 g/mol. The molecule has 1 fully saturated rings. The van der Waals surface area contributed by atoms with Crippen molar-refractivity contribution in [2.75, 3.05) is 5.32 Å². The monoisotopic (exact) mass is 336 g/mol. The number of anilines is 1. The second-order valence-electron chi connectivity index (χ2n) is 6.57. The van der Waals surface area contributed by atoms with Crippen molar-refractivity contribution in [3.05, 3.63) is 54.2 Å². The molecule has 2 aromatic heterocycles. The van der Waals surface area contributed by atoms with Gasteiger partial charge < -0.3 is 5.32 Å². The van der Waals surface area contributed by atoms with Crippen LogP contribution in [0.3, 0.4) is 0 Å². The molecule has 0 radical (unpaired) electrons. The van der Waals surface area contributed by atoms with E-state index >= 15 is 0 Å². The van der Waals surface area contributed by atoms with E-state index in [1.807, 2.05) is 36.0 Å². The molecule has 2 heterocycles. The molecule has 3 aromatic rings. The summed E-state index contributed by atoms with van der Waals surface area (Å²) < 4.78 is 3.70. The van der Waals surface area contributed by atoms with E-state index in [1.54, 1.807) is 23.3 Å². The summed E-state index contributed by atoms with van der Waals surface area (Å²) in [6.45, 7) is 4.12. The number of rotatable bonds is 5. The Kier molecular flexibility index (Phi) is 3.83. The molecule has 7 heteroatoms. The minimum atomic E-state index is -0.150. The number of amides is 1. The molecular weight excluding hydrogens is 316 g/mol. The molecule has 4 rings (SSSR count). The van der Waals surface area contributed by atoms with Crippen LogP contribution in [-0.2, 0) is 0 Å². The fourth-order valence-corrected chi connectivity index (χ4v) is 3.01. The van der Waals surface area contributed by atoms with Crippen LogP contribution < -0.4 is 5.32 Å². The molecule has 1 aliphatic carbocycles. The fraction of sp³-hybridized carbons (Fsp3) is 0.333. The zero-order valence-corrected chi connectivity index (χ0v) is 14.3. The summed E-state index contributed by atoms with van der Waals surface area (Å²) in [6, 6.07) is 7.67. The largest absolute Gasteiger partial charge is 0.307 e. The zero-order valence-electron chi connectivity index (χ0n) is 14.3. The maximum absolute atomic E-state index is 12.8. The molecule has 1 aliphatic rings. The third kappa shape index (κ3) is 3.05. The Labute approximate surface area is 145 Å². The van der Waals surface area contributed by atoms with Gasteiger partial charge in [0.1, 0.15) is 18.5 Å². The van der Waals surface area contributed by atoms with Crippen molar-refractivity contribution in [2.45, 2.75) is 32.7 Å². The average Bonchev–Trinajstić information content (AvgIpc) is 3.21. The number of aryl methyl sites for hydroxylation is 1. The van der Waals surface area contributed by atoms with Crippen molar-refractivity contribution in [1.29, 1.82) is 0 Å². The van der Waals surface area contributed by atoms with Crippen molar-refractivity contribution in [3.63, 3.8) is 0 Å². The zero-order chi connectivity index (χ0) is 17.4. The van der Waals surface area contributed by atoms with Crippen LogP contribution in [0.15, 0.2) is 43.1 Å². The van der Waals surface area contributed by atoms with E-state index in [-0.39, 0.29) is 5.91 Å². The van der Waals surface area contributed by atoms with Gasteiger partial charge in [-0.2, -0.15) is 5.10 Å². The van der Waals surface area contributed by atoms with E-state index in [2.05, 4.69) is 27.5 Å². The SMILES string of the molecule is Cc1cnn([C@H](C)C2CC2)c1NC(=O)c1cccc(-n2cnnc2)c1. The van der Waals surface area contributed by atoms with Gasteiger partial charge in [-0.1, -0.05) is 6.07 Å². The van der Waals surface area contributed by atoms with Crippen LogP contribution in [0.25, 0.3) is 5.69 Å². The van der Waals surface area contributed by atoms with Crippen LogP contribution in [0.5, 0.6) is 0 Å². The van der Waals surface area contributed by atoms with Crippen LogP contribution in [0.4, 0.5) is 5.82 Å². The molecule has 128 valence electrons. The Morgan fingerprint density at radius 3 is 2.76 bits per heavy atom. The molecule has 1 atom stereocenters. The maximum atomic E-state index is 12.8. The topological polar surface area (TPSA) is 77.6 Å². The Bertz CT molecular complexity index is 894. The van der Waals surface area contributed by atoms with Gasteiger partial charge in [0.25, 0.3) is 5.91 Å². The van der Waals surface area contributed by atoms with Crippen LogP contribution in [0.1, 0.15) is 41.7 Å². The van der Waals surface area contributed by atoms with E-state index in [0.717, 1.165) is 17.1 Å². The number of nitrogens with one attached hydrogen (secondary N) is 1. The number of hydrogen-bond acceptors (Lipinski definition) is 4. The van der Waals surface area contributed by atoms with Crippen LogP contribution in [0.2, 0.25) is 0 Å². The van der Waals surface area contributed by atoms with E-state index in [0.29, 0.717) is 17.5 Å². The third-order valence-electron chi connectivity index (χ3n) is 4.73. The molecule has 0 spiro atoms. The van der Waals surface area contributed by atoms with Crippen molar-refractivity contribution in [1.82, 2.24) is 24.5 Å². The highest BCUT2D eigenvalue weighted by atomic mass is 16.1. The Hall–Kier alpha value is -2.96. The summed E-state index contributed by atoms with van der Waals surface area (Å²) in [6.07, 6.45) is 7.48. The summed E-state index contributed by atoms with van der Waals surface area (Å²) in [5.74, 6) is 1.29. The van der Waals surface area contributed by atoms with Gasteiger partial charge in [0, 0.05) is 16.8 Å². The summed E-state index contributed by atoms with van der Waals surface area (Å²) in [5, 5.41) is 15.1. The van der Waals surface area contributed by atoms with Crippen molar-refractivity contribution < 1.29 is 4.79 Å². The highest BCUT2D eigenvalue weighted by molar-refractivity contribution is 6.04. The molecule has 0 unspecified atom stereocenters. The summed E-state index contributed by atoms with van der Waals surface area (Å²) in [4.78, 5) is 12.8. The van der Waals surface area contributed by atoms with Gasteiger partial charge in [-0.25, -0.2) is 4.68 Å². The molecule has 1 saturated carbocycles. The summed E-state index contributed by atoms with van der Waals surface area (Å²) in [7, 11) is 0. The first-order valence-corrected chi connectivity index (χ1v) is 8.44. The smallest absolute Gasteiger partial charge is 0.256 e. The number of nitrogens with zero attached hydrogens (tertiary/aromatic N) is 5. The molecule has 25 heavy (non-hydrogen) atoms. The van der Waals surface area contributed by atoms with Crippen molar-refractivity contribution in [2.24, 2.45) is 5.92 Å². The molecule has 1 amide bonds. The summed E-state index contributed by atoms with van der Waals surface area (Å²) in [5.41, 5.74) is 2.39. The number of carbonyl (C=O) groups is 1. The van der Waals surface area contributed by atoms with Gasteiger partial charge >= 0.3 is 0 Å². The highest BCUT2D eigenvalue weighted by Gasteiger charge is 2.31. The first-order chi connectivity index (χ1) is 12.1. The predicted octanol–water partition coefficient (Wildman–Crippen LogP) is 3.00. The predicted molar refractivity (Wildman–Crippen MR) is 93.7 cm³/mol.